The molecule has 7 heteroatoms. The smallest absolute Gasteiger partial charge is 0.326 e. The molecule has 0 radical (unpaired) electrons. The molecule has 1 amide bonds. The quantitative estimate of drug-likeness (QED) is 0.598. The van der Waals surface area contributed by atoms with Crippen LogP contribution in [0.4, 0.5) is 0 Å². The number of amides is 1. The highest BCUT2D eigenvalue weighted by Gasteiger charge is 2.21. The number of sulfone groups is 1. The summed E-state index contributed by atoms with van der Waals surface area (Å²) in [6.45, 7) is 3.44. The van der Waals surface area contributed by atoms with Crippen LogP contribution in [-0.2, 0) is 19.4 Å². The number of aliphatic carboxylic acids is 1. The number of rotatable bonds is 8. The molecule has 0 aromatic carbocycles. The van der Waals surface area contributed by atoms with Crippen LogP contribution in [-0.4, -0.2) is 43.5 Å². The van der Waals surface area contributed by atoms with E-state index in [0.717, 1.165) is 6.26 Å². The molecule has 0 saturated carbocycles. The zero-order valence-corrected chi connectivity index (χ0v) is 10.5. The Hall–Kier alpha value is -1.37. The van der Waals surface area contributed by atoms with Crippen LogP contribution in [0.25, 0.3) is 0 Å². The van der Waals surface area contributed by atoms with Gasteiger partial charge in [-0.1, -0.05) is 6.08 Å². The molecule has 0 aliphatic rings. The van der Waals surface area contributed by atoms with Gasteiger partial charge in [0.2, 0.25) is 5.91 Å². The van der Waals surface area contributed by atoms with Gasteiger partial charge in [-0.2, -0.15) is 0 Å². The summed E-state index contributed by atoms with van der Waals surface area (Å²) in [6, 6.07) is -1.16. The number of carboxylic acid groups (broad SMARTS) is 1. The molecule has 2 N–H and O–H groups in total. The van der Waals surface area contributed by atoms with Gasteiger partial charge in [-0.25, -0.2) is 13.2 Å². The summed E-state index contributed by atoms with van der Waals surface area (Å²) in [5, 5.41) is 11.1. The summed E-state index contributed by atoms with van der Waals surface area (Å²) >= 11 is 0. The molecule has 6 nitrogen and oxygen atoms in total. The lowest BCUT2D eigenvalue weighted by Crippen LogP contribution is -2.41. The molecule has 0 fully saturated rings. The Morgan fingerprint density at radius 1 is 1.47 bits per heavy atom. The van der Waals surface area contributed by atoms with E-state index in [0.29, 0.717) is 6.42 Å². The van der Waals surface area contributed by atoms with Crippen LogP contribution in [0.15, 0.2) is 12.7 Å². The Kier molecular flexibility index (Phi) is 6.48. The van der Waals surface area contributed by atoms with Gasteiger partial charge in [-0.3, -0.25) is 4.79 Å². The second-order valence-electron chi connectivity index (χ2n) is 3.70. The van der Waals surface area contributed by atoms with Crippen molar-refractivity contribution in [3.63, 3.8) is 0 Å². The standard InChI is InChI=1S/C10H17NO5S/c1-3-4-5-9(12)11-8(10(13)14)6-7-17(2,15)16/h3,8H,1,4-7H2,2H3,(H,11,12)(H,13,14). The summed E-state index contributed by atoms with van der Waals surface area (Å²) in [5.41, 5.74) is 0. The Balaban J connectivity index is 4.30. The van der Waals surface area contributed by atoms with Crippen LogP contribution >= 0.6 is 0 Å². The topological polar surface area (TPSA) is 101 Å². The first-order chi connectivity index (χ1) is 7.76. The first-order valence-corrected chi connectivity index (χ1v) is 7.13. The van der Waals surface area contributed by atoms with Crippen molar-refractivity contribution in [1.29, 1.82) is 0 Å². The molecule has 98 valence electrons. The first-order valence-electron chi connectivity index (χ1n) is 5.07. The van der Waals surface area contributed by atoms with Gasteiger partial charge in [0.25, 0.3) is 0 Å². The lowest BCUT2D eigenvalue weighted by molar-refractivity contribution is -0.141. The summed E-state index contributed by atoms with van der Waals surface area (Å²) in [7, 11) is -3.24. The highest BCUT2D eigenvalue weighted by atomic mass is 32.2. The highest BCUT2D eigenvalue weighted by molar-refractivity contribution is 7.90. The molecule has 0 aliphatic heterocycles. The van der Waals surface area contributed by atoms with Gasteiger partial charge >= 0.3 is 5.97 Å². The van der Waals surface area contributed by atoms with Crippen LogP contribution in [0.1, 0.15) is 19.3 Å². The molecule has 0 saturated heterocycles. The number of hydrogen-bond donors (Lipinski definition) is 2. The molecule has 0 aromatic heterocycles. The molecule has 0 rings (SSSR count). The average Bonchev–Trinajstić information content (AvgIpc) is 2.19. The Labute approximate surface area is 101 Å². The maximum Gasteiger partial charge on any atom is 0.326 e. The highest BCUT2D eigenvalue weighted by Crippen LogP contribution is 1.99. The van der Waals surface area contributed by atoms with Crippen molar-refractivity contribution in [1.82, 2.24) is 5.32 Å². The van der Waals surface area contributed by atoms with Gasteiger partial charge in [0.05, 0.1) is 5.75 Å². The largest absolute Gasteiger partial charge is 0.480 e. The second kappa shape index (κ2) is 7.05. The van der Waals surface area contributed by atoms with Crippen molar-refractivity contribution in [2.75, 3.05) is 12.0 Å². The minimum Gasteiger partial charge on any atom is -0.480 e. The van der Waals surface area contributed by atoms with Crippen LogP contribution in [0.5, 0.6) is 0 Å². The van der Waals surface area contributed by atoms with Gasteiger partial charge in [0, 0.05) is 12.7 Å². The van der Waals surface area contributed by atoms with Gasteiger partial charge in [0.1, 0.15) is 15.9 Å². The molecule has 0 bridgehead atoms. The lowest BCUT2D eigenvalue weighted by atomic mass is 10.2. The van der Waals surface area contributed by atoms with Crippen LogP contribution in [0, 0.1) is 0 Å². The number of allylic oxidation sites excluding steroid dienone is 1. The first kappa shape index (κ1) is 15.6. The molecular weight excluding hydrogens is 246 g/mol. The van der Waals surface area contributed by atoms with E-state index in [1.165, 1.54) is 0 Å². The molecular formula is C10H17NO5S. The number of carbonyl (C=O) groups excluding carboxylic acids is 1. The Morgan fingerprint density at radius 2 is 2.06 bits per heavy atom. The summed E-state index contributed by atoms with van der Waals surface area (Å²) in [4.78, 5) is 22.1. The molecule has 17 heavy (non-hydrogen) atoms. The van der Waals surface area contributed by atoms with Gasteiger partial charge < -0.3 is 10.4 Å². The average molecular weight is 263 g/mol. The fourth-order valence-electron chi connectivity index (χ4n) is 1.09. The Morgan fingerprint density at radius 3 is 2.47 bits per heavy atom. The van der Waals surface area contributed by atoms with Crippen molar-refractivity contribution in [3.8, 4) is 0 Å². The third-order valence-electron chi connectivity index (χ3n) is 1.99. The van der Waals surface area contributed by atoms with E-state index < -0.39 is 27.8 Å². The minimum atomic E-state index is -3.24. The summed E-state index contributed by atoms with van der Waals surface area (Å²) < 4.78 is 21.8. The van der Waals surface area contributed by atoms with E-state index >= 15 is 0 Å². The fraction of sp³-hybridized carbons (Fsp3) is 0.600. The third-order valence-corrected chi connectivity index (χ3v) is 2.96. The van der Waals surface area contributed by atoms with E-state index in [2.05, 4.69) is 11.9 Å². The minimum absolute atomic E-state index is 0.131. The predicted molar refractivity (Wildman–Crippen MR) is 63.3 cm³/mol. The molecule has 1 unspecified atom stereocenters. The molecule has 0 heterocycles. The van der Waals surface area contributed by atoms with Crippen molar-refractivity contribution < 1.29 is 23.1 Å². The van der Waals surface area contributed by atoms with Gasteiger partial charge in [-0.15, -0.1) is 6.58 Å². The zero-order chi connectivity index (χ0) is 13.5. The SMILES string of the molecule is C=CCCC(=O)NC(CCS(C)(=O)=O)C(=O)O. The monoisotopic (exact) mass is 263 g/mol. The van der Waals surface area contributed by atoms with E-state index in [1.54, 1.807) is 6.08 Å². The maximum atomic E-state index is 11.3. The number of carboxylic acids is 1. The summed E-state index contributed by atoms with van der Waals surface area (Å²) in [6.07, 6.45) is 3.03. The molecule has 1 atom stereocenters. The predicted octanol–water partition coefficient (Wildman–Crippen LogP) is -0.0433. The number of hydrogen-bond acceptors (Lipinski definition) is 4. The lowest BCUT2D eigenvalue weighted by Gasteiger charge is -2.13. The van der Waals surface area contributed by atoms with Crippen molar-refractivity contribution >= 4 is 21.7 Å². The van der Waals surface area contributed by atoms with E-state index in [9.17, 15) is 18.0 Å². The fourth-order valence-corrected chi connectivity index (χ4v) is 1.75. The van der Waals surface area contributed by atoms with E-state index in [1.807, 2.05) is 0 Å². The maximum absolute atomic E-state index is 11.3. The number of carbonyl (C=O) groups is 2. The van der Waals surface area contributed by atoms with Gasteiger partial charge in [-0.05, 0) is 12.8 Å². The van der Waals surface area contributed by atoms with Crippen LogP contribution in [0.3, 0.4) is 0 Å². The van der Waals surface area contributed by atoms with Gasteiger partial charge in [0.15, 0.2) is 0 Å². The van der Waals surface area contributed by atoms with E-state index in [4.69, 9.17) is 5.11 Å². The zero-order valence-electron chi connectivity index (χ0n) is 9.68. The van der Waals surface area contributed by atoms with Crippen molar-refractivity contribution in [2.45, 2.75) is 25.3 Å². The molecule has 0 aliphatic carbocycles. The van der Waals surface area contributed by atoms with Crippen LogP contribution in [0.2, 0.25) is 0 Å². The van der Waals surface area contributed by atoms with Crippen molar-refractivity contribution in [3.05, 3.63) is 12.7 Å². The third kappa shape index (κ3) is 8.44. The Bertz CT molecular complexity index is 388. The van der Waals surface area contributed by atoms with Crippen LogP contribution < -0.4 is 5.32 Å². The summed E-state index contributed by atoms with van der Waals surface area (Å²) in [5.74, 6) is -1.93. The van der Waals surface area contributed by atoms with E-state index in [-0.39, 0.29) is 18.6 Å². The normalized spacial score (nSPS) is 12.8. The number of nitrogens with one attached hydrogen (secondary N) is 1. The molecule has 0 aromatic rings. The molecule has 0 spiro atoms. The second-order valence-corrected chi connectivity index (χ2v) is 5.96. The van der Waals surface area contributed by atoms with Crippen molar-refractivity contribution in [2.24, 2.45) is 0 Å².